The van der Waals surface area contributed by atoms with E-state index >= 15 is 0 Å². The summed E-state index contributed by atoms with van der Waals surface area (Å²) in [5.41, 5.74) is 2.16. The third kappa shape index (κ3) is 6.02. The van der Waals surface area contributed by atoms with Crippen LogP contribution < -0.4 is 5.32 Å². The molecular weight excluding hydrogens is 476 g/mol. The van der Waals surface area contributed by atoms with Gasteiger partial charge in [-0.15, -0.1) is 0 Å². The van der Waals surface area contributed by atoms with Gasteiger partial charge in [0, 0.05) is 23.5 Å². The average molecular weight is 507 g/mol. The van der Waals surface area contributed by atoms with Crippen LogP contribution in [0.25, 0.3) is 10.8 Å². The Hall–Kier alpha value is -2.66. The number of hydrogen-bond acceptors (Lipinski definition) is 2. The van der Waals surface area contributed by atoms with Crippen LogP contribution in [0.4, 0.5) is 0 Å². The van der Waals surface area contributed by atoms with Crippen molar-refractivity contribution in [2.24, 2.45) is 0 Å². The zero-order valence-corrected chi connectivity index (χ0v) is 20.7. The van der Waals surface area contributed by atoms with Crippen molar-refractivity contribution >= 4 is 38.5 Å². The highest BCUT2D eigenvalue weighted by Gasteiger charge is 2.28. The molecule has 5 heteroatoms. The van der Waals surface area contributed by atoms with Crippen LogP contribution in [-0.2, 0) is 22.6 Å². The van der Waals surface area contributed by atoms with Gasteiger partial charge in [0.1, 0.15) is 6.04 Å². The molecule has 2 amide bonds. The van der Waals surface area contributed by atoms with Crippen LogP contribution in [0.1, 0.15) is 50.2 Å². The Morgan fingerprint density at radius 3 is 2.55 bits per heavy atom. The first-order chi connectivity index (χ1) is 16.0. The Balaban J connectivity index is 1.50. The number of nitrogens with zero attached hydrogens (tertiary/aromatic N) is 1. The molecule has 172 valence electrons. The van der Waals surface area contributed by atoms with Crippen LogP contribution in [0.15, 0.2) is 71.2 Å². The molecule has 1 aliphatic rings. The van der Waals surface area contributed by atoms with Gasteiger partial charge in [-0.05, 0) is 60.2 Å². The second kappa shape index (κ2) is 11.0. The van der Waals surface area contributed by atoms with E-state index in [4.69, 9.17) is 0 Å². The monoisotopic (exact) mass is 506 g/mol. The molecule has 0 unspecified atom stereocenters. The molecule has 0 saturated heterocycles. The molecule has 1 saturated carbocycles. The molecule has 1 N–H and O–H groups in total. The molecule has 33 heavy (non-hydrogen) atoms. The van der Waals surface area contributed by atoms with Gasteiger partial charge in [-0.25, -0.2) is 0 Å². The van der Waals surface area contributed by atoms with Gasteiger partial charge in [0.05, 0.1) is 0 Å². The number of carbonyl (C=O) groups excluding carboxylic acids is 2. The molecule has 1 aliphatic carbocycles. The van der Waals surface area contributed by atoms with Crippen molar-refractivity contribution in [1.82, 2.24) is 10.2 Å². The summed E-state index contributed by atoms with van der Waals surface area (Å²) in [5, 5.41) is 5.52. The molecule has 0 radical (unpaired) electrons. The number of aryl methyl sites for hydroxylation is 1. The van der Waals surface area contributed by atoms with Gasteiger partial charge in [0.15, 0.2) is 0 Å². The fourth-order valence-corrected chi connectivity index (χ4v) is 5.15. The minimum Gasteiger partial charge on any atom is -0.352 e. The first-order valence-electron chi connectivity index (χ1n) is 11.8. The maximum atomic E-state index is 13.5. The minimum atomic E-state index is -0.524. The van der Waals surface area contributed by atoms with E-state index in [-0.39, 0.29) is 17.9 Å². The molecule has 0 aromatic heterocycles. The Morgan fingerprint density at radius 2 is 1.76 bits per heavy atom. The number of benzene rings is 3. The molecule has 3 aromatic carbocycles. The van der Waals surface area contributed by atoms with Crippen molar-refractivity contribution in [2.75, 3.05) is 0 Å². The van der Waals surface area contributed by atoms with E-state index in [1.54, 1.807) is 4.90 Å². The lowest BCUT2D eigenvalue weighted by molar-refractivity contribution is -0.140. The predicted octanol–water partition coefficient (Wildman–Crippen LogP) is 6.01. The topological polar surface area (TPSA) is 49.4 Å². The molecule has 4 rings (SSSR count). The number of hydrogen-bond donors (Lipinski definition) is 1. The van der Waals surface area contributed by atoms with Gasteiger partial charge in [-0.3, -0.25) is 9.59 Å². The van der Waals surface area contributed by atoms with Crippen molar-refractivity contribution in [3.05, 3.63) is 82.3 Å². The van der Waals surface area contributed by atoms with E-state index in [9.17, 15) is 9.59 Å². The molecule has 1 atom stereocenters. The average Bonchev–Trinajstić information content (AvgIpc) is 3.33. The maximum absolute atomic E-state index is 13.5. The molecule has 0 heterocycles. The third-order valence-electron chi connectivity index (χ3n) is 6.60. The highest BCUT2D eigenvalue weighted by molar-refractivity contribution is 9.10. The summed E-state index contributed by atoms with van der Waals surface area (Å²) < 4.78 is 0.964. The minimum absolute atomic E-state index is 0.00279. The molecule has 1 fully saturated rings. The van der Waals surface area contributed by atoms with E-state index < -0.39 is 6.04 Å². The largest absolute Gasteiger partial charge is 0.352 e. The van der Waals surface area contributed by atoms with Gasteiger partial charge in [-0.2, -0.15) is 0 Å². The van der Waals surface area contributed by atoms with Gasteiger partial charge < -0.3 is 10.2 Å². The maximum Gasteiger partial charge on any atom is 0.242 e. The highest BCUT2D eigenvalue weighted by atomic mass is 79.9. The fraction of sp³-hybridized carbons (Fsp3) is 0.357. The third-order valence-corrected chi connectivity index (χ3v) is 7.09. The van der Waals surface area contributed by atoms with E-state index in [2.05, 4.69) is 45.5 Å². The lowest BCUT2D eigenvalue weighted by atomic mass is 10.0. The molecule has 0 spiro atoms. The Labute approximate surface area is 204 Å². The van der Waals surface area contributed by atoms with Crippen LogP contribution in [-0.4, -0.2) is 28.8 Å². The van der Waals surface area contributed by atoms with Gasteiger partial charge in [0.25, 0.3) is 0 Å². The number of amides is 2. The van der Waals surface area contributed by atoms with Gasteiger partial charge in [0.2, 0.25) is 11.8 Å². The summed E-state index contributed by atoms with van der Waals surface area (Å²) in [7, 11) is 0. The van der Waals surface area contributed by atoms with Crippen molar-refractivity contribution in [2.45, 2.75) is 64.1 Å². The van der Waals surface area contributed by atoms with Crippen LogP contribution in [0.3, 0.4) is 0 Å². The van der Waals surface area contributed by atoms with Crippen LogP contribution in [0.5, 0.6) is 0 Å². The second-order valence-corrected chi connectivity index (χ2v) is 9.87. The smallest absolute Gasteiger partial charge is 0.242 e. The summed E-state index contributed by atoms with van der Waals surface area (Å²) in [6, 6.07) is 22.1. The molecular formula is C28H31BrN2O2. The zero-order chi connectivity index (χ0) is 23.2. The Kier molecular flexibility index (Phi) is 7.81. The number of nitrogens with one attached hydrogen (secondary N) is 1. The first kappa shape index (κ1) is 23.5. The Morgan fingerprint density at radius 1 is 1.03 bits per heavy atom. The van der Waals surface area contributed by atoms with Crippen molar-refractivity contribution in [3.63, 3.8) is 0 Å². The van der Waals surface area contributed by atoms with E-state index in [1.165, 1.54) is 10.8 Å². The van der Waals surface area contributed by atoms with E-state index in [0.29, 0.717) is 19.4 Å². The standard InChI is InChI=1S/C28H31BrN2O2/c1-20(28(33)30-25-13-3-4-14-25)31(19-21-8-6-12-24(29)18-21)27(32)17-16-23-11-7-10-22-9-2-5-15-26(22)23/h2,5-12,15,18,20,25H,3-4,13-14,16-17,19H2,1H3,(H,30,33)/t20-/m0/s1. The zero-order valence-electron chi connectivity index (χ0n) is 19.1. The normalized spacial score (nSPS) is 14.8. The Bertz CT molecular complexity index is 1120. The molecule has 3 aromatic rings. The summed E-state index contributed by atoms with van der Waals surface area (Å²) in [4.78, 5) is 28.2. The molecule has 0 aliphatic heterocycles. The lowest BCUT2D eigenvalue weighted by Gasteiger charge is -2.30. The SMILES string of the molecule is C[C@@H](C(=O)NC1CCCC1)N(Cc1cccc(Br)c1)C(=O)CCc1cccc2ccccc12. The van der Waals surface area contributed by atoms with Crippen LogP contribution >= 0.6 is 15.9 Å². The molecule has 4 nitrogen and oxygen atoms in total. The summed E-state index contributed by atoms with van der Waals surface area (Å²) in [6.07, 6.45) is 5.38. The lowest BCUT2D eigenvalue weighted by Crippen LogP contribution is -2.49. The highest BCUT2D eigenvalue weighted by Crippen LogP contribution is 2.22. The summed E-state index contributed by atoms with van der Waals surface area (Å²) in [5.74, 6) is -0.0626. The van der Waals surface area contributed by atoms with E-state index in [1.807, 2.05) is 49.4 Å². The van der Waals surface area contributed by atoms with Crippen molar-refractivity contribution in [1.29, 1.82) is 0 Å². The quantitative estimate of drug-likeness (QED) is 0.406. The number of fused-ring (bicyclic) bond motifs is 1. The summed E-state index contributed by atoms with van der Waals surface area (Å²) in [6.45, 7) is 2.26. The number of halogens is 1. The van der Waals surface area contributed by atoms with Crippen LogP contribution in [0, 0.1) is 0 Å². The van der Waals surface area contributed by atoms with Crippen molar-refractivity contribution in [3.8, 4) is 0 Å². The fourth-order valence-electron chi connectivity index (χ4n) is 4.70. The van der Waals surface area contributed by atoms with Gasteiger partial charge >= 0.3 is 0 Å². The van der Waals surface area contributed by atoms with E-state index in [0.717, 1.165) is 41.3 Å². The number of rotatable bonds is 8. The number of carbonyl (C=O) groups is 2. The van der Waals surface area contributed by atoms with Gasteiger partial charge in [-0.1, -0.05) is 83.4 Å². The molecule has 0 bridgehead atoms. The van der Waals surface area contributed by atoms with Crippen LogP contribution in [0.2, 0.25) is 0 Å². The second-order valence-electron chi connectivity index (χ2n) is 8.96. The summed E-state index contributed by atoms with van der Waals surface area (Å²) >= 11 is 3.52. The predicted molar refractivity (Wildman–Crippen MR) is 137 cm³/mol. The first-order valence-corrected chi connectivity index (χ1v) is 12.6. The van der Waals surface area contributed by atoms with Crippen molar-refractivity contribution < 1.29 is 9.59 Å².